The Morgan fingerprint density at radius 3 is 1.50 bits per heavy atom. The molecular weight excluding hydrogens is 257 g/mol. The van der Waals surface area contributed by atoms with Crippen molar-refractivity contribution >= 4 is 20.0 Å². The maximum Gasteiger partial charge on any atom is 0.276 e. The van der Waals surface area contributed by atoms with Crippen molar-refractivity contribution in [2.45, 2.75) is 0 Å². The summed E-state index contributed by atoms with van der Waals surface area (Å²) >= 11 is 0. The van der Waals surface area contributed by atoms with Gasteiger partial charge in [-0.25, -0.2) is 6.26 Å². The summed E-state index contributed by atoms with van der Waals surface area (Å²) < 4.78 is 47.5. The first kappa shape index (κ1) is 13.5. The van der Waals surface area contributed by atoms with Crippen LogP contribution in [0, 0.1) is 6.26 Å². The van der Waals surface area contributed by atoms with E-state index in [2.05, 4.69) is 6.26 Å². The monoisotopic (exact) mass is 262 g/mol. The number of rotatable bonds is 2. The molecule has 0 heterocycles. The Balaban J connectivity index is 0. The number of hydrogen-bond acceptors (Lipinski definition) is 4. The quantitative estimate of drug-likeness (QED) is 0.511. The Hall–Kier alpha value is 0.964. The summed E-state index contributed by atoms with van der Waals surface area (Å²) in [7, 11) is -8.30. The average Bonchev–Trinajstić information content (AvgIpc) is 1.14. The van der Waals surface area contributed by atoms with Crippen LogP contribution in [-0.2, 0) is 52.7 Å². The molecule has 0 aliphatic heterocycles. The first-order valence-electron chi connectivity index (χ1n) is 1.72. The summed E-state index contributed by atoms with van der Waals surface area (Å²) in [6.45, 7) is 0. The molecule has 10 heavy (non-hydrogen) atoms. The van der Waals surface area contributed by atoms with Gasteiger partial charge >= 0.3 is 0 Å². The third-order valence-electron chi connectivity index (χ3n) is 0.328. The van der Waals surface area contributed by atoms with Crippen LogP contribution in [0.3, 0.4) is 0 Å². The van der Waals surface area contributed by atoms with Crippen LogP contribution in [0.1, 0.15) is 0 Å². The predicted octanol–water partition coefficient (Wildman–Crippen LogP) is -0.964. The third-order valence-corrected chi connectivity index (χ3v) is 2.96. The maximum absolute atomic E-state index is 10.00. The van der Waals surface area contributed by atoms with Gasteiger partial charge in [-0.3, -0.25) is 13.0 Å². The molecule has 0 rings (SSSR count). The van der Waals surface area contributed by atoms with E-state index in [-0.39, 0.29) is 32.7 Å². The van der Waals surface area contributed by atoms with Crippen molar-refractivity contribution in [3.8, 4) is 0 Å². The van der Waals surface area contributed by atoms with Gasteiger partial charge in [0.05, 0.1) is 0 Å². The Morgan fingerprint density at radius 1 is 1.20 bits per heavy atom. The average molecular weight is 262 g/mol. The van der Waals surface area contributed by atoms with Crippen LogP contribution in [-0.4, -0.2) is 26.5 Å². The predicted molar refractivity (Wildman–Crippen MR) is 30.7 cm³/mol. The molecule has 0 aliphatic rings. The van der Waals surface area contributed by atoms with Gasteiger partial charge < -0.3 is 0 Å². The van der Waals surface area contributed by atoms with Crippen LogP contribution in [0.5, 0.6) is 0 Å². The fraction of sp³-hybridized carbons (Fsp3) is 0.500. The molecule has 1 radical (unpaired) electrons. The Morgan fingerprint density at radius 2 is 1.50 bits per heavy atom. The molecule has 59 valence electrons. The first-order valence-corrected chi connectivity index (χ1v) is 5.15. The van der Waals surface area contributed by atoms with E-state index in [0.717, 1.165) is 0 Å². The fourth-order valence-electron chi connectivity index (χ4n) is 0.227. The van der Waals surface area contributed by atoms with Crippen LogP contribution < -0.4 is 0 Å². The topological polar surface area (TPSA) is 88.5 Å². The van der Waals surface area contributed by atoms with Gasteiger partial charge in [0.2, 0.25) is 0 Å². The van der Waals surface area contributed by atoms with E-state index in [1.54, 1.807) is 0 Å². The zero-order valence-electron chi connectivity index (χ0n) is 4.89. The van der Waals surface area contributed by atoms with E-state index < -0.39 is 25.0 Å². The largest absolute Gasteiger partial charge is 0.285 e. The molecule has 0 spiro atoms. The van der Waals surface area contributed by atoms with Crippen LogP contribution in [0.4, 0.5) is 0 Å². The van der Waals surface area contributed by atoms with E-state index in [4.69, 9.17) is 4.55 Å². The molecule has 0 amide bonds. The third kappa shape index (κ3) is 11.7. The Kier molecular flexibility index (Phi) is 5.56. The zero-order chi connectivity index (χ0) is 7.71. The summed E-state index contributed by atoms with van der Waals surface area (Å²) in [5, 5.41) is -1.32. The smallest absolute Gasteiger partial charge is 0.276 e. The second-order valence-electron chi connectivity index (χ2n) is 1.44. The second kappa shape index (κ2) is 4.11. The molecule has 0 atom stereocenters. The van der Waals surface area contributed by atoms with Crippen molar-refractivity contribution in [3.05, 3.63) is 6.26 Å². The zero-order valence-corrected chi connectivity index (χ0v) is 9.36. The SMILES string of the molecule is [CH2-]S(=O)(=O)CS(=O)(=O)O.[Y]. The Bertz CT molecular complexity index is 243. The molecule has 0 aromatic heterocycles. The molecule has 0 saturated carbocycles. The van der Waals surface area contributed by atoms with Gasteiger partial charge in [0.25, 0.3) is 10.1 Å². The summed E-state index contributed by atoms with van der Waals surface area (Å²) in [6.07, 6.45) is 2.49. The van der Waals surface area contributed by atoms with E-state index in [9.17, 15) is 16.8 Å². The minimum Gasteiger partial charge on any atom is -0.285 e. The fourth-order valence-corrected chi connectivity index (χ4v) is 2.04. The standard InChI is InChI=1S/C2H5O5S2.Y/c1-8(3,4)2-9(5,6)7;/h1-2H2,(H,5,6,7);/q-1;. The van der Waals surface area contributed by atoms with Crippen LogP contribution >= 0.6 is 0 Å². The molecule has 0 aliphatic carbocycles. The first-order chi connectivity index (χ1) is 3.71. The van der Waals surface area contributed by atoms with Gasteiger partial charge in [-0.2, -0.15) is 8.42 Å². The number of hydrogen-bond donors (Lipinski definition) is 1. The molecule has 0 fully saturated rings. The summed E-state index contributed by atoms with van der Waals surface area (Å²) in [4.78, 5) is 0. The molecule has 5 nitrogen and oxygen atoms in total. The van der Waals surface area contributed by atoms with Gasteiger partial charge in [-0.15, -0.1) is 0 Å². The van der Waals surface area contributed by atoms with Crippen LogP contribution in [0.2, 0.25) is 0 Å². The van der Waals surface area contributed by atoms with Crippen molar-refractivity contribution < 1.29 is 54.1 Å². The van der Waals surface area contributed by atoms with Gasteiger partial charge in [0, 0.05) is 42.5 Å². The van der Waals surface area contributed by atoms with Gasteiger partial charge in [-0.1, -0.05) is 0 Å². The summed E-state index contributed by atoms with van der Waals surface area (Å²) in [5.41, 5.74) is 0. The van der Waals surface area contributed by atoms with Gasteiger partial charge in [-0.05, 0) is 0 Å². The number of sulfone groups is 1. The van der Waals surface area contributed by atoms with Crippen molar-refractivity contribution in [3.63, 3.8) is 0 Å². The molecule has 0 bridgehead atoms. The van der Waals surface area contributed by atoms with Crippen molar-refractivity contribution in [1.29, 1.82) is 0 Å². The van der Waals surface area contributed by atoms with Gasteiger partial charge in [0.15, 0.2) is 0 Å². The van der Waals surface area contributed by atoms with Crippen molar-refractivity contribution in [1.82, 2.24) is 0 Å². The van der Waals surface area contributed by atoms with E-state index in [1.165, 1.54) is 0 Å². The molecule has 0 unspecified atom stereocenters. The van der Waals surface area contributed by atoms with Crippen molar-refractivity contribution in [2.24, 2.45) is 0 Å². The normalized spacial score (nSPS) is 12.2. The Labute approximate surface area is 84.7 Å². The van der Waals surface area contributed by atoms with Crippen LogP contribution in [0.25, 0.3) is 0 Å². The van der Waals surface area contributed by atoms with E-state index >= 15 is 0 Å². The molecule has 1 N–H and O–H groups in total. The van der Waals surface area contributed by atoms with Crippen LogP contribution in [0.15, 0.2) is 0 Å². The summed E-state index contributed by atoms with van der Waals surface area (Å²) in [6, 6.07) is 0. The summed E-state index contributed by atoms with van der Waals surface area (Å²) in [5.74, 6) is 0. The second-order valence-corrected chi connectivity index (χ2v) is 5.04. The molecule has 0 aromatic rings. The van der Waals surface area contributed by atoms with Gasteiger partial charge in [0.1, 0.15) is 5.08 Å². The van der Waals surface area contributed by atoms with E-state index in [0.29, 0.717) is 0 Å². The molecule has 8 heteroatoms. The molecule has 0 aromatic carbocycles. The van der Waals surface area contributed by atoms with E-state index in [1.807, 2.05) is 0 Å². The maximum atomic E-state index is 10.00. The minimum absolute atomic E-state index is 0. The van der Waals surface area contributed by atoms with Crippen molar-refractivity contribution in [2.75, 3.05) is 5.08 Å². The molecule has 0 saturated heterocycles. The minimum atomic E-state index is -4.43. The molecular formula is C2H5O5S2Y-.